The van der Waals surface area contributed by atoms with Crippen molar-refractivity contribution in [1.29, 1.82) is 0 Å². The van der Waals surface area contributed by atoms with Crippen LogP contribution in [-0.4, -0.2) is 36.9 Å². The van der Waals surface area contributed by atoms with E-state index >= 15 is 0 Å². The number of aromatic carboxylic acids is 1. The lowest BCUT2D eigenvalue weighted by Crippen LogP contribution is -2.27. The first-order valence-corrected chi connectivity index (χ1v) is 8.96. The standard InChI is InChI=1S/C17H16FNO4S/c18-15-10-13(9-14(11-15)17(20)21)12-3-5-16(6-4-12)24(22,23)19-7-1-2-8-19/h3-6,9-11H,1-2,7-8H2,(H,20,21). The van der Waals surface area contributed by atoms with Crippen LogP contribution in [-0.2, 0) is 10.0 Å². The molecule has 0 amide bonds. The minimum absolute atomic E-state index is 0.154. The molecule has 5 nitrogen and oxygen atoms in total. The number of sulfonamides is 1. The van der Waals surface area contributed by atoms with Gasteiger partial charge in [0.25, 0.3) is 0 Å². The minimum atomic E-state index is -3.50. The number of benzene rings is 2. The highest BCUT2D eigenvalue weighted by Gasteiger charge is 2.26. The Kier molecular flexibility index (Phi) is 4.38. The van der Waals surface area contributed by atoms with Gasteiger partial charge in [0.2, 0.25) is 10.0 Å². The highest BCUT2D eigenvalue weighted by molar-refractivity contribution is 7.89. The molecule has 0 spiro atoms. The summed E-state index contributed by atoms with van der Waals surface area (Å²) < 4.78 is 40.0. The Bertz CT molecular complexity index is 872. The summed E-state index contributed by atoms with van der Waals surface area (Å²) in [6.45, 7) is 1.05. The maximum absolute atomic E-state index is 13.6. The number of hydrogen-bond donors (Lipinski definition) is 1. The van der Waals surface area contributed by atoms with Gasteiger partial charge < -0.3 is 5.11 Å². The van der Waals surface area contributed by atoms with Crippen LogP contribution >= 0.6 is 0 Å². The Morgan fingerprint density at radius 1 is 1.00 bits per heavy atom. The zero-order chi connectivity index (χ0) is 17.3. The fraction of sp³-hybridized carbons (Fsp3) is 0.235. The van der Waals surface area contributed by atoms with Gasteiger partial charge in [0.15, 0.2) is 0 Å². The van der Waals surface area contributed by atoms with Crippen molar-refractivity contribution in [3.8, 4) is 11.1 Å². The molecule has 2 aromatic carbocycles. The van der Waals surface area contributed by atoms with Crippen LogP contribution in [0.4, 0.5) is 4.39 Å². The summed E-state index contributed by atoms with van der Waals surface area (Å²) in [7, 11) is -3.50. The van der Waals surface area contributed by atoms with Gasteiger partial charge in [-0.1, -0.05) is 12.1 Å². The SMILES string of the molecule is O=C(O)c1cc(F)cc(-c2ccc(S(=O)(=O)N3CCCC3)cc2)c1. The Morgan fingerprint density at radius 2 is 1.62 bits per heavy atom. The molecule has 0 saturated carbocycles. The highest BCUT2D eigenvalue weighted by atomic mass is 32.2. The zero-order valence-corrected chi connectivity index (χ0v) is 13.6. The summed E-state index contributed by atoms with van der Waals surface area (Å²) >= 11 is 0. The van der Waals surface area contributed by atoms with E-state index in [1.54, 1.807) is 12.1 Å². The Labute approximate surface area is 139 Å². The molecule has 24 heavy (non-hydrogen) atoms. The number of hydrogen-bond acceptors (Lipinski definition) is 3. The van der Waals surface area contributed by atoms with Crippen LogP contribution in [0, 0.1) is 5.82 Å². The normalized spacial score (nSPS) is 15.5. The molecule has 0 radical (unpaired) electrons. The van der Waals surface area contributed by atoms with Crippen molar-refractivity contribution in [2.75, 3.05) is 13.1 Å². The average Bonchev–Trinajstić information content (AvgIpc) is 3.09. The third kappa shape index (κ3) is 3.18. The summed E-state index contributed by atoms with van der Waals surface area (Å²) in [4.78, 5) is 11.2. The zero-order valence-electron chi connectivity index (χ0n) is 12.8. The van der Waals surface area contributed by atoms with Gasteiger partial charge in [-0.2, -0.15) is 4.31 Å². The van der Waals surface area contributed by atoms with Gasteiger partial charge in [-0.3, -0.25) is 0 Å². The first-order valence-electron chi connectivity index (χ1n) is 7.52. The monoisotopic (exact) mass is 349 g/mol. The lowest BCUT2D eigenvalue weighted by Gasteiger charge is -2.15. The molecule has 3 rings (SSSR count). The summed E-state index contributed by atoms with van der Waals surface area (Å²) in [6.07, 6.45) is 1.72. The smallest absolute Gasteiger partial charge is 0.335 e. The lowest BCUT2D eigenvalue weighted by molar-refractivity contribution is 0.0696. The fourth-order valence-corrected chi connectivity index (χ4v) is 4.29. The number of halogens is 1. The van der Waals surface area contributed by atoms with Gasteiger partial charge in [-0.15, -0.1) is 0 Å². The molecule has 126 valence electrons. The molecule has 1 aliphatic heterocycles. The summed E-state index contributed by atoms with van der Waals surface area (Å²) in [5, 5.41) is 9.00. The molecule has 1 N–H and O–H groups in total. The van der Waals surface area contributed by atoms with Gasteiger partial charge in [-0.25, -0.2) is 17.6 Å². The van der Waals surface area contributed by atoms with E-state index in [0.717, 1.165) is 18.9 Å². The van der Waals surface area contributed by atoms with E-state index in [9.17, 15) is 17.6 Å². The second-order valence-corrected chi connectivity index (χ2v) is 7.61. The van der Waals surface area contributed by atoms with Crippen LogP contribution in [0.15, 0.2) is 47.4 Å². The van der Waals surface area contributed by atoms with E-state index < -0.39 is 21.8 Å². The molecule has 0 unspecified atom stereocenters. The van der Waals surface area contributed by atoms with Crippen LogP contribution < -0.4 is 0 Å². The van der Waals surface area contributed by atoms with E-state index in [2.05, 4.69) is 0 Å². The van der Waals surface area contributed by atoms with Crippen LogP contribution in [0.1, 0.15) is 23.2 Å². The summed E-state index contributed by atoms with van der Waals surface area (Å²) in [5.74, 6) is -1.87. The van der Waals surface area contributed by atoms with Gasteiger partial charge in [0.1, 0.15) is 5.82 Å². The number of carbonyl (C=O) groups is 1. The number of carboxylic acid groups (broad SMARTS) is 1. The molecule has 0 aromatic heterocycles. The number of rotatable bonds is 4. The van der Waals surface area contributed by atoms with Crippen molar-refractivity contribution in [3.05, 3.63) is 53.8 Å². The Balaban J connectivity index is 1.94. The predicted molar refractivity (Wildman–Crippen MR) is 86.8 cm³/mol. The van der Waals surface area contributed by atoms with E-state index in [0.29, 0.717) is 24.2 Å². The minimum Gasteiger partial charge on any atom is -0.478 e. The first kappa shape index (κ1) is 16.6. The molecule has 7 heteroatoms. The molecule has 1 fully saturated rings. The topological polar surface area (TPSA) is 74.7 Å². The second kappa shape index (κ2) is 6.33. The van der Waals surface area contributed by atoms with E-state index in [1.165, 1.54) is 28.6 Å². The van der Waals surface area contributed by atoms with Crippen LogP contribution in [0.25, 0.3) is 11.1 Å². The molecular formula is C17H16FNO4S. The molecule has 0 aliphatic carbocycles. The summed E-state index contributed by atoms with van der Waals surface area (Å²) in [5.41, 5.74) is 0.786. The van der Waals surface area contributed by atoms with Crippen molar-refractivity contribution < 1.29 is 22.7 Å². The molecule has 0 atom stereocenters. The van der Waals surface area contributed by atoms with Gasteiger partial charge >= 0.3 is 5.97 Å². The second-order valence-electron chi connectivity index (χ2n) is 5.67. The maximum atomic E-state index is 13.6. The van der Waals surface area contributed by atoms with E-state index in [-0.39, 0.29) is 10.5 Å². The van der Waals surface area contributed by atoms with Crippen molar-refractivity contribution in [1.82, 2.24) is 4.31 Å². The molecule has 2 aromatic rings. The quantitative estimate of drug-likeness (QED) is 0.921. The molecular weight excluding hydrogens is 333 g/mol. The van der Waals surface area contributed by atoms with E-state index in [4.69, 9.17) is 5.11 Å². The average molecular weight is 349 g/mol. The van der Waals surface area contributed by atoms with Gasteiger partial charge in [-0.05, 0) is 54.3 Å². The fourth-order valence-electron chi connectivity index (χ4n) is 2.78. The van der Waals surface area contributed by atoms with Gasteiger partial charge in [0, 0.05) is 13.1 Å². The van der Waals surface area contributed by atoms with Crippen LogP contribution in [0.5, 0.6) is 0 Å². The third-order valence-electron chi connectivity index (χ3n) is 4.04. The number of carboxylic acids is 1. The van der Waals surface area contributed by atoms with Crippen molar-refractivity contribution in [2.45, 2.75) is 17.7 Å². The largest absolute Gasteiger partial charge is 0.478 e. The summed E-state index contributed by atoms with van der Waals surface area (Å²) in [6, 6.07) is 9.57. The predicted octanol–water partition coefficient (Wildman–Crippen LogP) is 2.98. The highest BCUT2D eigenvalue weighted by Crippen LogP contribution is 2.26. The van der Waals surface area contributed by atoms with Crippen LogP contribution in [0.3, 0.4) is 0 Å². The lowest BCUT2D eigenvalue weighted by atomic mass is 10.0. The maximum Gasteiger partial charge on any atom is 0.335 e. The Hall–Kier alpha value is -2.25. The van der Waals surface area contributed by atoms with Crippen molar-refractivity contribution >= 4 is 16.0 Å². The Morgan fingerprint density at radius 3 is 2.21 bits per heavy atom. The van der Waals surface area contributed by atoms with Crippen molar-refractivity contribution in [3.63, 3.8) is 0 Å². The number of nitrogens with zero attached hydrogens (tertiary/aromatic N) is 1. The van der Waals surface area contributed by atoms with Crippen LogP contribution in [0.2, 0.25) is 0 Å². The third-order valence-corrected chi connectivity index (χ3v) is 5.95. The van der Waals surface area contributed by atoms with Gasteiger partial charge in [0.05, 0.1) is 10.5 Å². The molecule has 1 heterocycles. The van der Waals surface area contributed by atoms with Crippen molar-refractivity contribution in [2.24, 2.45) is 0 Å². The molecule has 1 saturated heterocycles. The first-order chi connectivity index (χ1) is 11.4. The molecule has 0 bridgehead atoms. The molecule has 1 aliphatic rings. The van der Waals surface area contributed by atoms with E-state index in [1.807, 2.05) is 0 Å².